The minimum atomic E-state index is -1.03. The summed E-state index contributed by atoms with van der Waals surface area (Å²) in [4.78, 5) is 25.2. The van der Waals surface area contributed by atoms with E-state index in [4.69, 9.17) is 25.8 Å². The molecule has 13 heteroatoms. The third kappa shape index (κ3) is 9.33. The first kappa shape index (κ1) is 41.4. The predicted molar refractivity (Wildman–Crippen MR) is 205 cm³/mol. The number of phenols is 1. The number of carbonyl (C=O) groups excluding carboxylic acids is 2. The maximum Gasteiger partial charge on any atom is 0.262 e. The number of rotatable bonds is 16. The molecule has 3 atom stereocenters. The number of nitrogens with one attached hydrogen (secondary N) is 2. The normalized spacial score (nSPS) is 23.5. The smallest absolute Gasteiger partial charge is 0.262 e. The molecule has 298 valence electrons. The lowest BCUT2D eigenvalue weighted by molar-refractivity contribution is -0.946. The Labute approximate surface area is 338 Å². The van der Waals surface area contributed by atoms with Crippen LogP contribution in [-0.4, -0.2) is 90.6 Å². The van der Waals surface area contributed by atoms with E-state index in [0.29, 0.717) is 58.8 Å². The van der Waals surface area contributed by atoms with Crippen LogP contribution in [0.15, 0.2) is 54.6 Å². The van der Waals surface area contributed by atoms with E-state index in [-0.39, 0.29) is 66.0 Å². The number of quaternary nitrogens is 1. The van der Waals surface area contributed by atoms with Gasteiger partial charge in [-0.25, -0.2) is 0 Å². The van der Waals surface area contributed by atoms with Crippen molar-refractivity contribution in [2.24, 2.45) is 11.8 Å². The van der Waals surface area contributed by atoms with Gasteiger partial charge < -0.3 is 61.6 Å². The lowest BCUT2D eigenvalue weighted by Crippen LogP contribution is -3.00. The molecule has 8 rings (SSSR count). The Balaban J connectivity index is 0.00000514. The number of hydrogen-bond acceptors (Lipinski definition) is 9. The largest absolute Gasteiger partial charge is 1.00 e. The predicted octanol–water partition coefficient (Wildman–Crippen LogP) is 2.42. The zero-order chi connectivity index (χ0) is 37.9. The molecule has 4 fully saturated rings. The second kappa shape index (κ2) is 17.9. The molecule has 3 aromatic rings. The van der Waals surface area contributed by atoms with Crippen LogP contribution < -0.4 is 37.1 Å². The maximum atomic E-state index is 13.5. The van der Waals surface area contributed by atoms with Gasteiger partial charge in [-0.15, -0.1) is 0 Å². The number of hydrogen-bond donors (Lipinski definition) is 5. The molecule has 1 amide bonds. The fraction of sp³-hybridized carbons (Fsp3) is 0.524. The highest BCUT2D eigenvalue weighted by Gasteiger charge is 2.48. The van der Waals surface area contributed by atoms with Crippen LogP contribution in [-0.2, 0) is 32.9 Å². The number of Topliss-reactive ketones (excluding diaryl/α,β-unsaturated/α-hetero) is 1. The maximum absolute atomic E-state index is 13.5. The lowest BCUT2D eigenvalue weighted by atomic mass is 9.80. The Morgan fingerprint density at radius 2 is 1.84 bits per heavy atom. The van der Waals surface area contributed by atoms with Gasteiger partial charge in [0, 0.05) is 60.5 Å². The fourth-order valence-electron chi connectivity index (χ4n) is 9.20. The summed E-state index contributed by atoms with van der Waals surface area (Å²) in [5.41, 5.74) is 2.10. The average Bonchev–Trinajstić information content (AvgIpc) is 3.74. The number of aliphatic hydroxyl groups excluding tert-OH is 1. The molecule has 0 unspecified atom stereocenters. The van der Waals surface area contributed by atoms with E-state index in [1.807, 2.05) is 36.4 Å². The minimum Gasteiger partial charge on any atom is -1.00 e. The number of fused-ring (bicyclic) bond motifs is 4. The van der Waals surface area contributed by atoms with Crippen molar-refractivity contribution in [1.82, 2.24) is 5.32 Å². The van der Waals surface area contributed by atoms with Gasteiger partial charge in [0.1, 0.15) is 41.3 Å². The second-order valence-electron chi connectivity index (χ2n) is 15.8. The topological polar surface area (TPSA) is 147 Å². The highest BCUT2D eigenvalue weighted by molar-refractivity contribution is 6.31. The quantitative estimate of drug-likeness (QED) is 0.137. The molecular weight excluding hydrogens is 790 g/mol. The third-order valence-corrected chi connectivity index (χ3v) is 12.7. The van der Waals surface area contributed by atoms with Crippen molar-refractivity contribution in [3.8, 4) is 17.2 Å². The van der Waals surface area contributed by atoms with E-state index in [1.54, 1.807) is 13.2 Å². The molecule has 1 saturated carbocycles. The SMILES string of the molecule is COc1cc(CC(=O)CC[N+]23CCC(CC2)[C@@H](OC[C@@](O)(c2ccccc2)C2CCCC2)C3)c(Cl)cc1CNC[C@H](O)c1cc(O)cc2c1OCC(=O)N2.[Br-]. The van der Waals surface area contributed by atoms with Gasteiger partial charge in [-0.2, -0.15) is 0 Å². The Morgan fingerprint density at radius 1 is 1.09 bits per heavy atom. The van der Waals surface area contributed by atoms with Crippen LogP contribution in [0.25, 0.3) is 0 Å². The van der Waals surface area contributed by atoms with Gasteiger partial charge in [0.2, 0.25) is 0 Å². The Morgan fingerprint density at radius 3 is 2.56 bits per heavy atom. The summed E-state index contributed by atoms with van der Waals surface area (Å²) in [6, 6.07) is 16.4. The van der Waals surface area contributed by atoms with E-state index >= 15 is 0 Å². The number of halogens is 2. The van der Waals surface area contributed by atoms with Crippen LogP contribution >= 0.6 is 11.6 Å². The van der Waals surface area contributed by atoms with Crippen molar-refractivity contribution in [2.75, 3.05) is 58.4 Å². The summed E-state index contributed by atoms with van der Waals surface area (Å²) in [6.45, 7) is 4.30. The number of phenolic OH excluding ortho intramolecular Hbond substituents is 1. The molecule has 3 aromatic carbocycles. The van der Waals surface area contributed by atoms with E-state index in [9.17, 15) is 24.9 Å². The van der Waals surface area contributed by atoms with Gasteiger partial charge in [0.25, 0.3) is 5.91 Å². The molecular formula is C42H53BrClN3O8. The van der Waals surface area contributed by atoms with Crippen LogP contribution in [0.3, 0.4) is 0 Å². The first-order valence-electron chi connectivity index (χ1n) is 19.4. The minimum absolute atomic E-state index is 0. The van der Waals surface area contributed by atoms with Gasteiger partial charge in [-0.3, -0.25) is 9.59 Å². The number of amides is 1. The average molecular weight is 843 g/mol. The highest BCUT2D eigenvalue weighted by Crippen LogP contribution is 2.43. The number of carbonyl (C=O) groups is 2. The number of piperidine rings is 3. The first-order chi connectivity index (χ1) is 26.1. The molecule has 0 spiro atoms. The number of anilines is 1. The van der Waals surface area contributed by atoms with Crippen LogP contribution in [0.2, 0.25) is 5.02 Å². The molecule has 2 bridgehead atoms. The van der Waals surface area contributed by atoms with Gasteiger partial charge in [-0.1, -0.05) is 54.8 Å². The van der Waals surface area contributed by atoms with Crippen LogP contribution in [0.5, 0.6) is 17.2 Å². The highest BCUT2D eigenvalue weighted by atomic mass is 79.9. The number of methoxy groups -OCH3 is 1. The molecule has 4 heterocycles. The first-order valence-corrected chi connectivity index (χ1v) is 19.7. The Kier molecular flexibility index (Phi) is 13.5. The van der Waals surface area contributed by atoms with Crippen LogP contribution in [0.4, 0.5) is 5.69 Å². The van der Waals surface area contributed by atoms with Crippen molar-refractivity contribution >= 4 is 29.0 Å². The monoisotopic (exact) mass is 841 g/mol. The van der Waals surface area contributed by atoms with Gasteiger partial charge >= 0.3 is 0 Å². The molecule has 0 radical (unpaired) electrons. The van der Waals surface area contributed by atoms with Crippen LogP contribution in [0, 0.1) is 11.8 Å². The molecule has 1 aliphatic carbocycles. The Bertz CT molecular complexity index is 1820. The number of benzene rings is 3. The molecule has 3 saturated heterocycles. The summed E-state index contributed by atoms with van der Waals surface area (Å²) >= 11 is 6.74. The summed E-state index contributed by atoms with van der Waals surface area (Å²) in [5.74, 6) is 1.29. The number of ketones is 1. The van der Waals surface area contributed by atoms with E-state index < -0.39 is 11.7 Å². The second-order valence-corrected chi connectivity index (χ2v) is 16.2. The van der Waals surface area contributed by atoms with Gasteiger partial charge in [0.05, 0.1) is 51.6 Å². The molecule has 4 aliphatic heterocycles. The molecule has 11 nitrogen and oxygen atoms in total. The van der Waals surface area contributed by atoms with Gasteiger partial charge in [-0.05, 0) is 48.1 Å². The van der Waals surface area contributed by atoms with Gasteiger partial charge in [0.15, 0.2) is 6.61 Å². The van der Waals surface area contributed by atoms with E-state index in [0.717, 1.165) is 80.3 Å². The lowest BCUT2D eigenvalue weighted by Gasteiger charge is -2.53. The van der Waals surface area contributed by atoms with Crippen molar-refractivity contribution in [1.29, 1.82) is 0 Å². The zero-order valence-corrected chi connectivity index (χ0v) is 33.7. The third-order valence-electron chi connectivity index (χ3n) is 12.3. The van der Waals surface area contributed by atoms with Crippen molar-refractivity contribution in [2.45, 2.75) is 75.7 Å². The van der Waals surface area contributed by atoms with E-state index in [1.165, 1.54) is 12.1 Å². The summed E-state index contributed by atoms with van der Waals surface area (Å²) in [5, 5.41) is 39.5. The number of nitrogens with zero attached hydrogens (tertiary/aromatic N) is 1. The fourth-order valence-corrected chi connectivity index (χ4v) is 9.46. The summed E-state index contributed by atoms with van der Waals surface area (Å²) in [7, 11) is 1.57. The van der Waals surface area contributed by atoms with E-state index in [2.05, 4.69) is 10.6 Å². The molecule has 0 aromatic heterocycles. The number of ether oxygens (including phenoxy) is 3. The summed E-state index contributed by atoms with van der Waals surface area (Å²) < 4.78 is 18.8. The van der Waals surface area contributed by atoms with Crippen molar-refractivity contribution in [3.05, 3.63) is 81.9 Å². The van der Waals surface area contributed by atoms with Crippen LogP contribution in [0.1, 0.15) is 73.3 Å². The number of aromatic hydroxyl groups is 1. The Hall–Kier alpha value is -3.23. The van der Waals surface area contributed by atoms with Crippen molar-refractivity contribution < 1.29 is 60.6 Å². The zero-order valence-electron chi connectivity index (χ0n) is 31.4. The standard InChI is InChI=1S/C42H52ClN3O8.BrH/c1-52-38-19-28(35(43)18-29(38)22-44-23-37(49)34-20-33(48)21-36-41(34)53-25-40(50)45-36)17-32(47)13-16-46-14-11-27(12-15-46)39(24-46)54-26-42(51,31-9-5-6-10-31)30-7-3-2-4-8-30;/h2-4,7-8,18-21,27,31,37,39,44,49,51H,5-6,9-17,22-26H2,1H3,(H-,45,48,50);1H/t27?,37-,39-,42+,46?;/m0./s1. The molecule has 55 heavy (non-hydrogen) atoms. The summed E-state index contributed by atoms with van der Waals surface area (Å²) in [6.07, 6.45) is 6.17. The number of aliphatic hydroxyl groups is 2. The molecule has 5 aliphatic rings. The van der Waals surface area contributed by atoms with Crippen molar-refractivity contribution in [3.63, 3.8) is 0 Å². The molecule has 5 N–H and O–H groups in total.